The number of carbonyl (C=O) groups excluding carboxylic acids is 1. The van der Waals surface area contributed by atoms with Gasteiger partial charge in [-0.25, -0.2) is 0 Å². The molecule has 0 radical (unpaired) electrons. The molecule has 0 aliphatic carbocycles. The third-order valence-corrected chi connectivity index (χ3v) is 3.56. The van der Waals surface area contributed by atoms with Crippen molar-refractivity contribution in [3.05, 3.63) is 63.7 Å². The number of benzene rings is 2. The second kappa shape index (κ2) is 5.49. The molecule has 0 saturated heterocycles. The number of carbonyl (C=O) groups is 1. The minimum atomic E-state index is 0.0748. The SMILES string of the molecule is COc1ccc(C(=O)c2c(C)cc(C)cc2C)cc1C. The van der Waals surface area contributed by atoms with Crippen molar-refractivity contribution < 1.29 is 9.53 Å². The highest BCUT2D eigenvalue weighted by Gasteiger charge is 2.15. The van der Waals surface area contributed by atoms with Crippen molar-refractivity contribution in [3.63, 3.8) is 0 Å². The van der Waals surface area contributed by atoms with Gasteiger partial charge in [0.15, 0.2) is 5.78 Å². The van der Waals surface area contributed by atoms with E-state index in [-0.39, 0.29) is 5.78 Å². The molecule has 0 N–H and O–H groups in total. The van der Waals surface area contributed by atoms with Gasteiger partial charge in [0.05, 0.1) is 7.11 Å². The second-order valence-corrected chi connectivity index (χ2v) is 5.29. The van der Waals surface area contributed by atoms with Crippen LogP contribution in [0.2, 0.25) is 0 Å². The number of hydrogen-bond donors (Lipinski definition) is 0. The standard InChI is InChI=1S/C18H20O2/c1-11-8-13(3)17(14(4)9-11)18(19)15-6-7-16(20-5)12(2)10-15/h6-10H,1-5H3. The minimum absolute atomic E-state index is 0.0748. The van der Waals surface area contributed by atoms with Crippen molar-refractivity contribution in [1.82, 2.24) is 0 Å². The topological polar surface area (TPSA) is 26.3 Å². The van der Waals surface area contributed by atoms with Crippen LogP contribution in [0.3, 0.4) is 0 Å². The first-order chi connectivity index (χ1) is 9.43. The maximum absolute atomic E-state index is 12.7. The fraction of sp³-hybridized carbons (Fsp3) is 0.278. The summed E-state index contributed by atoms with van der Waals surface area (Å²) in [5, 5.41) is 0. The van der Waals surface area contributed by atoms with Gasteiger partial charge in [0.25, 0.3) is 0 Å². The van der Waals surface area contributed by atoms with Crippen LogP contribution in [0, 0.1) is 27.7 Å². The van der Waals surface area contributed by atoms with E-state index in [0.717, 1.165) is 28.0 Å². The maximum Gasteiger partial charge on any atom is 0.193 e. The summed E-state index contributed by atoms with van der Waals surface area (Å²) >= 11 is 0. The molecule has 0 spiro atoms. The van der Waals surface area contributed by atoms with E-state index >= 15 is 0 Å². The molecule has 2 nitrogen and oxygen atoms in total. The van der Waals surface area contributed by atoms with Crippen molar-refractivity contribution in [2.45, 2.75) is 27.7 Å². The van der Waals surface area contributed by atoms with Crippen LogP contribution in [0.5, 0.6) is 5.75 Å². The van der Waals surface area contributed by atoms with Gasteiger partial charge in [0.1, 0.15) is 5.75 Å². The Morgan fingerprint density at radius 3 is 2.00 bits per heavy atom. The first-order valence-electron chi connectivity index (χ1n) is 6.71. The highest BCUT2D eigenvalue weighted by atomic mass is 16.5. The maximum atomic E-state index is 12.7. The van der Waals surface area contributed by atoms with Gasteiger partial charge in [0, 0.05) is 11.1 Å². The lowest BCUT2D eigenvalue weighted by Crippen LogP contribution is -2.07. The molecule has 0 aromatic heterocycles. The summed E-state index contributed by atoms with van der Waals surface area (Å²) in [5.41, 5.74) is 5.73. The molecule has 0 fully saturated rings. The molecule has 0 aliphatic rings. The molecule has 20 heavy (non-hydrogen) atoms. The zero-order chi connectivity index (χ0) is 14.9. The van der Waals surface area contributed by atoms with Crippen LogP contribution in [0.15, 0.2) is 30.3 Å². The number of ketones is 1. The predicted octanol–water partition coefficient (Wildman–Crippen LogP) is 4.16. The van der Waals surface area contributed by atoms with Crippen molar-refractivity contribution in [1.29, 1.82) is 0 Å². The fourth-order valence-corrected chi connectivity index (χ4v) is 2.70. The largest absolute Gasteiger partial charge is 0.496 e. The summed E-state index contributed by atoms with van der Waals surface area (Å²) in [6.07, 6.45) is 0. The lowest BCUT2D eigenvalue weighted by molar-refractivity contribution is 0.103. The Morgan fingerprint density at radius 1 is 0.900 bits per heavy atom. The predicted molar refractivity (Wildman–Crippen MR) is 81.8 cm³/mol. The van der Waals surface area contributed by atoms with E-state index in [0.29, 0.717) is 5.56 Å². The van der Waals surface area contributed by atoms with Crippen molar-refractivity contribution in [2.75, 3.05) is 7.11 Å². The van der Waals surface area contributed by atoms with Crippen molar-refractivity contribution in [2.24, 2.45) is 0 Å². The summed E-state index contributed by atoms with van der Waals surface area (Å²) in [5.74, 6) is 0.879. The van der Waals surface area contributed by atoms with Gasteiger partial charge >= 0.3 is 0 Å². The van der Waals surface area contributed by atoms with E-state index in [2.05, 4.69) is 12.1 Å². The quantitative estimate of drug-likeness (QED) is 0.781. The molecule has 0 atom stereocenters. The van der Waals surface area contributed by atoms with Gasteiger partial charge in [0.2, 0.25) is 0 Å². The number of methoxy groups -OCH3 is 1. The zero-order valence-corrected chi connectivity index (χ0v) is 12.7. The molecule has 2 aromatic rings. The second-order valence-electron chi connectivity index (χ2n) is 5.29. The van der Waals surface area contributed by atoms with E-state index in [4.69, 9.17) is 4.74 Å². The first kappa shape index (κ1) is 14.3. The van der Waals surface area contributed by atoms with E-state index in [1.54, 1.807) is 7.11 Å². The molecule has 2 aromatic carbocycles. The molecule has 0 saturated carbocycles. The van der Waals surface area contributed by atoms with Gasteiger partial charge in [-0.1, -0.05) is 17.7 Å². The van der Waals surface area contributed by atoms with Crippen LogP contribution >= 0.6 is 0 Å². The molecule has 2 heteroatoms. The Hall–Kier alpha value is -2.09. The Kier molecular flexibility index (Phi) is 3.93. The van der Waals surface area contributed by atoms with E-state index in [1.807, 2.05) is 45.9 Å². The molecular weight excluding hydrogens is 248 g/mol. The lowest BCUT2D eigenvalue weighted by atomic mass is 9.92. The molecular formula is C18H20O2. The average molecular weight is 268 g/mol. The third-order valence-electron chi connectivity index (χ3n) is 3.56. The van der Waals surface area contributed by atoms with Gasteiger partial charge in [-0.15, -0.1) is 0 Å². The number of hydrogen-bond acceptors (Lipinski definition) is 2. The van der Waals surface area contributed by atoms with Gasteiger partial charge in [-0.05, 0) is 62.6 Å². The van der Waals surface area contributed by atoms with Crippen LogP contribution in [0.25, 0.3) is 0 Å². The average Bonchev–Trinajstić information content (AvgIpc) is 2.37. The zero-order valence-electron chi connectivity index (χ0n) is 12.7. The van der Waals surface area contributed by atoms with Gasteiger partial charge < -0.3 is 4.74 Å². The summed E-state index contributed by atoms with van der Waals surface area (Å²) < 4.78 is 5.24. The van der Waals surface area contributed by atoms with Crippen molar-refractivity contribution in [3.8, 4) is 5.75 Å². The van der Waals surface area contributed by atoms with Gasteiger partial charge in [-0.2, -0.15) is 0 Å². The molecule has 0 unspecified atom stereocenters. The smallest absolute Gasteiger partial charge is 0.193 e. The van der Waals surface area contributed by atoms with Crippen LogP contribution in [-0.2, 0) is 0 Å². The van der Waals surface area contributed by atoms with Gasteiger partial charge in [-0.3, -0.25) is 4.79 Å². The van der Waals surface area contributed by atoms with E-state index < -0.39 is 0 Å². The Balaban J connectivity index is 2.49. The van der Waals surface area contributed by atoms with Crippen LogP contribution in [0.1, 0.15) is 38.2 Å². The molecule has 0 bridgehead atoms. The fourth-order valence-electron chi connectivity index (χ4n) is 2.70. The highest BCUT2D eigenvalue weighted by molar-refractivity contribution is 6.11. The van der Waals surface area contributed by atoms with E-state index in [1.165, 1.54) is 5.56 Å². The summed E-state index contributed by atoms with van der Waals surface area (Å²) in [6.45, 7) is 7.98. The number of rotatable bonds is 3. The number of aryl methyl sites for hydroxylation is 4. The van der Waals surface area contributed by atoms with Crippen LogP contribution < -0.4 is 4.74 Å². The van der Waals surface area contributed by atoms with Crippen LogP contribution in [-0.4, -0.2) is 12.9 Å². The van der Waals surface area contributed by atoms with E-state index in [9.17, 15) is 4.79 Å². The molecule has 0 aliphatic heterocycles. The lowest BCUT2D eigenvalue weighted by Gasteiger charge is -2.12. The monoisotopic (exact) mass is 268 g/mol. The molecule has 104 valence electrons. The third kappa shape index (κ3) is 2.60. The van der Waals surface area contributed by atoms with Crippen molar-refractivity contribution >= 4 is 5.78 Å². The first-order valence-corrected chi connectivity index (χ1v) is 6.71. The molecule has 2 rings (SSSR count). The minimum Gasteiger partial charge on any atom is -0.496 e. The summed E-state index contributed by atoms with van der Waals surface area (Å²) in [6, 6.07) is 9.67. The normalized spacial score (nSPS) is 10.4. The molecule has 0 amide bonds. The molecule has 0 heterocycles. The highest BCUT2D eigenvalue weighted by Crippen LogP contribution is 2.24. The Labute approximate surface area is 120 Å². The Bertz CT molecular complexity index is 646. The summed E-state index contributed by atoms with van der Waals surface area (Å²) in [4.78, 5) is 12.7. The summed E-state index contributed by atoms with van der Waals surface area (Å²) in [7, 11) is 1.64. The number of ether oxygens (including phenoxy) is 1. The van der Waals surface area contributed by atoms with Crippen LogP contribution in [0.4, 0.5) is 0 Å². The Morgan fingerprint density at radius 2 is 1.50 bits per heavy atom.